The van der Waals surface area contributed by atoms with E-state index in [1.54, 1.807) is 30.3 Å². The van der Waals surface area contributed by atoms with Crippen molar-refractivity contribution < 1.29 is 14.3 Å². The molecule has 0 spiro atoms. The van der Waals surface area contributed by atoms with Crippen LogP contribution in [0, 0.1) is 5.82 Å². The first-order valence-corrected chi connectivity index (χ1v) is 9.70. The normalized spacial score (nSPS) is 17.5. The Morgan fingerprint density at radius 3 is 2.93 bits per heavy atom. The highest BCUT2D eigenvalue weighted by molar-refractivity contribution is 5.74. The van der Waals surface area contributed by atoms with E-state index in [2.05, 4.69) is 20.4 Å². The number of H-pyrrole nitrogens is 1. The number of amides is 2. The molecule has 28 heavy (non-hydrogen) atoms. The molecule has 2 amide bonds. The average Bonchev–Trinajstić information content (AvgIpc) is 3.16. The molecule has 3 rings (SSSR count). The number of hydrogen-bond acceptors (Lipinski definition) is 4. The predicted molar refractivity (Wildman–Crippen MR) is 105 cm³/mol. The summed E-state index contributed by atoms with van der Waals surface area (Å²) in [7, 11) is 1.73. The molecule has 0 aliphatic carbocycles. The molecule has 8 heteroatoms. The monoisotopic (exact) mass is 389 g/mol. The van der Waals surface area contributed by atoms with E-state index in [9.17, 15) is 14.3 Å². The van der Waals surface area contributed by atoms with Crippen molar-refractivity contribution in [2.75, 3.05) is 33.3 Å². The fourth-order valence-electron chi connectivity index (χ4n) is 3.63. The van der Waals surface area contributed by atoms with Crippen LogP contribution >= 0.6 is 0 Å². The lowest BCUT2D eigenvalue weighted by Crippen LogP contribution is -2.47. The van der Waals surface area contributed by atoms with Gasteiger partial charge in [-0.15, -0.1) is 0 Å². The zero-order chi connectivity index (χ0) is 19.9. The Kier molecular flexibility index (Phi) is 7.00. The van der Waals surface area contributed by atoms with Crippen molar-refractivity contribution in [3.8, 4) is 11.3 Å². The van der Waals surface area contributed by atoms with Gasteiger partial charge in [0.1, 0.15) is 5.82 Å². The topological polar surface area (TPSA) is 84.5 Å². The van der Waals surface area contributed by atoms with Crippen molar-refractivity contribution in [3.05, 3.63) is 41.8 Å². The molecular weight excluding hydrogens is 361 g/mol. The van der Waals surface area contributed by atoms with E-state index in [-0.39, 0.29) is 24.5 Å². The molecule has 1 aromatic carbocycles. The molecule has 1 atom stereocenters. The van der Waals surface area contributed by atoms with E-state index in [1.807, 2.05) is 0 Å². The number of urea groups is 1. The van der Waals surface area contributed by atoms with Crippen LogP contribution in [0.1, 0.15) is 24.8 Å². The molecule has 0 radical (unpaired) electrons. The van der Waals surface area contributed by atoms with Crippen molar-refractivity contribution in [2.24, 2.45) is 0 Å². The third-order valence-electron chi connectivity index (χ3n) is 5.24. The van der Waals surface area contributed by atoms with E-state index < -0.39 is 0 Å². The number of carbonyl (C=O) groups is 1. The number of aliphatic hydroxyl groups is 1. The van der Waals surface area contributed by atoms with Gasteiger partial charge in [-0.05, 0) is 43.7 Å². The highest BCUT2D eigenvalue weighted by Gasteiger charge is 2.21. The smallest absolute Gasteiger partial charge is 0.317 e. The molecule has 0 saturated carbocycles. The zero-order valence-electron chi connectivity index (χ0n) is 16.2. The number of rotatable bonds is 7. The van der Waals surface area contributed by atoms with E-state index >= 15 is 0 Å². The molecular formula is C20H28FN5O2. The van der Waals surface area contributed by atoms with Crippen molar-refractivity contribution in [1.29, 1.82) is 0 Å². The first-order valence-electron chi connectivity index (χ1n) is 9.70. The number of nitrogens with one attached hydrogen (secondary N) is 2. The highest BCUT2D eigenvalue weighted by atomic mass is 19.1. The van der Waals surface area contributed by atoms with Gasteiger partial charge in [0.2, 0.25) is 0 Å². The molecule has 0 bridgehead atoms. The second-order valence-corrected chi connectivity index (χ2v) is 7.23. The van der Waals surface area contributed by atoms with Crippen LogP contribution < -0.4 is 5.32 Å². The van der Waals surface area contributed by atoms with Crippen LogP contribution in [0.4, 0.5) is 9.18 Å². The van der Waals surface area contributed by atoms with Gasteiger partial charge in [0.25, 0.3) is 0 Å². The maximum atomic E-state index is 13.1. The van der Waals surface area contributed by atoms with Gasteiger partial charge in [-0.3, -0.25) is 10.00 Å². The molecule has 1 aromatic heterocycles. The van der Waals surface area contributed by atoms with Gasteiger partial charge < -0.3 is 15.3 Å². The number of hydrogen-bond donors (Lipinski definition) is 3. The highest BCUT2D eigenvalue weighted by Crippen LogP contribution is 2.22. The quantitative estimate of drug-likeness (QED) is 0.678. The van der Waals surface area contributed by atoms with E-state index in [0.29, 0.717) is 13.1 Å². The fourth-order valence-corrected chi connectivity index (χ4v) is 3.63. The van der Waals surface area contributed by atoms with Gasteiger partial charge in [0.15, 0.2) is 0 Å². The molecule has 1 aliphatic rings. The summed E-state index contributed by atoms with van der Waals surface area (Å²) in [6, 6.07) is 6.20. The molecule has 2 heterocycles. The summed E-state index contributed by atoms with van der Waals surface area (Å²) in [5, 5.41) is 19.4. The van der Waals surface area contributed by atoms with Crippen LogP contribution in [0.25, 0.3) is 11.3 Å². The second-order valence-electron chi connectivity index (χ2n) is 7.23. The number of likely N-dealkylation sites (tertiary alicyclic amines) is 1. The largest absolute Gasteiger partial charge is 0.395 e. The van der Waals surface area contributed by atoms with E-state index in [0.717, 1.165) is 49.2 Å². The number of aliphatic hydroxyl groups excluding tert-OH is 1. The van der Waals surface area contributed by atoms with Gasteiger partial charge in [-0.25, -0.2) is 9.18 Å². The Morgan fingerprint density at radius 1 is 1.39 bits per heavy atom. The summed E-state index contributed by atoms with van der Waals surface area (Å²) in [5.41, 5.74) is 2.46. The predicted octanol–water partition coefficient (Wildman–Crippen LogP) is 2.20. The fraction of sp³-hybridized carbons (Fsp3) is 0.500. The number of aromatic nitrogens is 2. The number of benzene rings is 1. The molecule has 0 unspecified atom stereocenters. The lowest BCUT2D eigenvalue weighted by atomic mass is 10.0. The van der Waals surface area contributed by atoms with Gasteiger partial charge >= 0.3 is 6.03 Å². The van der Waals surface area contributed by atoms with Crippen molar-refractivity contribution in [2.45, 2.75) is 31.8 Å². The average molecular weight is 389 g/mol. The van der Waals surface area contributed by atoms with Crippen LogP contribution in [-0.2, 0) is 6.54 Å². The standard InChI is InChI=1S/C20H28FN5O2/c1-25(20(28)22-9-11-26-10-3-2-4-18(26)14-27)13-16-12-23-24-19(16)15-5-7-17(21)8-6-15/h5-8,12,18,27H,2-4,9-11,13-14H2,1H3,(H,22,28)(H,23,24)/t18-/m1/s1. The lowest BCUT2D eigenvalue weighted by Gasteiger charge is -2.34. The number of carbonyl (C=O) groups excluding carboxylic acids is 1. The zero-order valence-corrected chi connectivity index (χ0v) is 16.2. The Hall–Kier alpha value is -2.45. The van der Waals surface area contributed by atoms with E-state index in [1.165, 1.54) is 12.1 Å². The minimum absolute atomic E-state index is 0.163. The van der Waals surface area contributed by atoms with Crippen molar-refractivity contribution in [3.63, 3.8) is 0 Å². The molecule has 2 aromatic rings. The maximum Gasteiger partial charge on any atom is 0.317 e. The molecule has 3 N–H and O–H groups in total. The summed E-state index contributed by atoms with van der Waals surface area (Å²) in [4.78, 5) is 16.3. The summed E-state index contributed by atoms with van der Waals surface area (Å²) in [6.45, 7) is 2.79. The Labute approximate surface area is 164 Å². The number of nitrogens with zero attached hydrogens (tertiary/aromatic N) is 3. The van der Waals surface area contributed by atoms with Crippen molar-refractivity contribution in [1.82, 2.24) is 25.3 Å². The van der Waals surface area contributed by atoms with Crippen LogP contribution in [0.15, 0.2) is 30.5 Å². The van der Waals surface area contributed by atoms with Gasteiger partial charge in [0.05, 0.1) is 25.0 Å². The SMILES string of the molecule is CN(Cc1cn[nH]c1-c1ccc(F)cc1)C(=O)NCCN1CCCC[C@@H]1CO. The second kappa shape index (κ2) is 9.66. The minimum atomic E-state index is -0.293. The van der Waals surface area contributed by atoms with Gasteiger partial charge in [-0.2, -0.15) is 5.10 Å². The summed E-state index contributed by atoms with van der Waals surface area (Å²) in [5.74, 6) is -0.293. The molecule has 7 nitrogen and oxygen atoms in total. The van der Waals surface area contributed by atoms with Crippen molar-refractivity contribution >= 4 is 6.03 Å². The molecule has 1 fully saturated rings. The van der Waals surface area contributed by atoms with Gasteiger partial charge in [-0.1, -0.05) is 6.42 Å². The number of piperidine rings is 1. The minimum Gasteiger partial charge on any atom is -0.395 e. The number of halogens is 1. The van der Waals surface area contributed by atoms with Gasteiger partial charge in [0, 0.05) is 37.3 Å². The van der Waals surface area contributed by atoms with Crippen LogP contribution in [0.5, 0.6) is 0 Å². The van der Waals surface area contributed by atoms with Crippen LogP contribution in [0.3, 0.4) is 0 Å². The van der Waals surface area contributed by atoms with Crippen LogP contribution in [-0.4, -0.2) is 70.5 Å². The Balaban J connectivity index is 1.51. The first-order chi connectivity index (χ1) is 13.6. The first kappa shape index (κ1) is 20.3. The third-order valence-corrected chi connectivity index (χ3v) is 5.24. The third kappa shape index (κ3) is 5.08. The lowest BCUT2D eigenvalue weighted by molar-refractivity contribution is 0.0911. The molecule has 1 aliphatic heterocycles. The van der Waals surface area contributed by atoms with E-state index in [4.69, 9.17) is 0 Å². The Bertz CT molecular complexity index is 764. The summed E-state index contributed by atoms with van der Waals surface area (Å²) in [6.07, 6.45) is 4.98. The Morgan fingerprint density at radius 2 is 2.18 bits per heavy atom. The molecule has 1 saturated heterocycles. The molecule has 152 valence electrons. The number of aromatic amines is 1. The summed E-state index contributed by atoms with van der Waals surface area (Å²) >= 11 is 0. The maximum absolute atomic E-state index is 13.1. The van der Waals surface area contributed by atoms with Crippen LogP contribution in [0.2, 0.25) is 0 Å². The summed E-state index contributed by atoms with van der Waals surface area (Å²) < 4.78 is 13.1.